The van der Waals surface area contributed by atoms with Crippen LogP contribution >= 0.6 is 0 Å². The Morgan fingerprint density at radius 1 is 1.20 bits per heavy atom. The van der Waals surface area contributed by atoms with E-state index in [-0.39, 0.29) is 6.61 Å². The van der Waals surface area contributed by atoms with Crippen molar-refractivity contribution in [3.63, 3.8) is 0 Å². The van der Waals surface area contributed by atoms with Crippen LogP contribution in [0.2, 0.25) is 0 Å². The summed E-state index contributed by atoms with van der Waals surface area (Å²) in [6, 6.07) is 8.00. The number of benzene rings is 1. The number of hydrogen-bond donors (Lipinski definition) is 1. The van der Waals surface area contributed by atoms with Gasteiger partial charge >= 0.3 is 0 Å². The summed E-state index contributed by atoms with van der Waals surface area (Å²) in [5.74, 6) is 5.56. The quantitative estimate of drug-likeness (QED) is 0.869. The van der Waals surface area contributed by atoms with Crippen molar-refractivity contribution in [2.75, 3.05) is 6.61 Å². The van der Waals surface area contributed by atoms with Crippen LogP contribution in [-0.2, 0) is 6.61 Å². The Kier molecular flexibility index (Phi) is 5.10. The van der Waals surface area contributed by atoms with Crippen LogP contribution in [-0.4, -0.2) is 16.7 Å². The summed E-state index contributed by atoms with van der Waals surface area (Å²) in [7, 11) is 0. The Bertz CT molecular complexity index is 617. The molecule has 0 amide bonds. The molecule has 3 nitrogen and oxygen atoms in total. The molecule has 0 aliphatic carbocycles. The number of aliphatic hydroxyl groups excluding tert-OH is 1. The molecule has 0 saturated heterocycles. The van der Waals surface area contributed by atoms with Gasteiger partial charge < -0.3 is 9.84 Å². The Labute approximate surface area is 117 Å². The fourth-order valence-electron chi connectivity index (χ4n) is 1.58. The maximum atomic E-state index is 13.5. The van der Waals surface area contributed by atoms with Crippen LogP contribution in [0, 0.1) is 17.7 Å². The number of hydrogen-bond acceptors (Lipinski definition) is 3. The van der Waals surface area contributed by atoms with Gasteiger partial charge in [0.2, 0.25) is 0 Å². The molecule has 0 saturated carbocycles. The van der Waals surface area contributed by atoms with Gasteiger partial charge in [0.25, 0.3) is 0 Å². The molecule has 0 spiro atoms. The van der Waals surface area contributed by atoms with Gasteiger partial charge in [-0.15, -0.1) is 0 Å². The van der Waals surface area contributed by atoms with E-state index in [9.17, 15) is 4.39 Å². The molecule has 20 heavy (non-hydrogen) atoms. The molecule has 4 heteroatoms. The summed E-state index contributed by atoms with van der Waals surface area (Å²) in [6.07, 6.45) is 3.72. The number of aliphatic hydroxyl groups is 1. The zero-order valence-electron chi connectivity index (χ0n) is 10.8. The zero-order chi connectivity index (χ0) is 14.2. The summed E-state index contributed by atoms with van der Waals surface area (Å²) in [5, 5.41) is 8.66. The minimum absolute atomic E-state index is 0.00623. The minimum Gasteiger partial charge on any atom is -0.489 e. The summed E-state index contributed by atoms with van der Waals surface area (Å²) < 4.78 is 19.0. The molecular formula is C16H14FNO2. The summed E-state index contributed by atoms with van der Waals surface area (Å²) in [4.78, 5) is 3.92. The SMILES string of the molecule is OCCC#Cc1cc(F)cc(OCc2ccncc2)c1. The Hall–Kier alpha value is -2.38. The van der Waals surface area contributed by atoms with Crippen LogP contribution in [0.3, 0.4) is 0 Å². The van der Waals surface area contributed by atoms with Gasteiger partial charge in [0, 0.05) is 30.4 Å². The van der Waals surface area contributed by atoms with Crippen molar-refractivity contribution < 1.29 is 14.2 Å². The highest BCUT2D eigenvalue weighted by atomic mass is 19.1. The molecule has 1 N–H and O–H groups in total. The molecule has 0 unspecified atom stereocenters. The lowest BCUT2D eigenvalue weighted by Crippen LogP contribution is -1.96. The van der Waals surface area contributed by atoms with Crippen molar-refractivity contribution in [2.24, 2.45) is 0 Å². The van der Waals surface area contributed by atoms with E-state index in [1.807, 2.05) is 12.1 Å². The molecule has 2 aromatic rings. The number of aromatic nitrogens is 1. The van der Waals surface area contributed by atoms with E-state index in [0.717, 1.165) is 5.56 Å². The Balaban J connectivity index is 2.06. The highest BCUT2D eigenvalue weighted by Crippen LogP contribution is 2.17. The van der Waals surface area contributed by atoms with Crippen molar-refractivity contribution in [2.45, 2.75) is 13.0 Å². The molecular weight excluding hydrogens is 257 g/mol. The second-order valence-corrected chi connectivity index (χ2v) is 4.10. The van der Waals surface area contributed by atoms with Gasteiger partial charge in [-0.2, -0.15) is 0 Å². The predicted molar refractivity (Wildman–Crippen MR) is 73.5 cm³/mol. The molecule has 0 atom stereocenters. The molecule has 1 heterocycles. The average molecular weight is 271 g/mol. The first kappa shape index (κ1) is 14.0. The molecule has 1 aromatic heterocycles. The van der Waals surface area contributed by atoms with Crippen molar-refractivity contribution >= 4 is 0 Å². The van der Waals surface area contributed by atoms with Crippen LogP contribution < -0.4 is 4.74 Å². The molecule has 0 bridgehead atoms. The number of nitrogens with zero attached hydrogens (tertiary/aromatic N) is 1. The monoisotopic (exact) mass is 271 g/mol. The second kappa shape index (κ2) is 7.27. The van der Waals surface area contributed by atoms with Crippen molar-refractivity contribution in [3.8, 4) is 17.6 Å². The molecule has 1 aromatic carbocycles. The lowest BCUT2D eigenvalue weighted by molar-refractivity contribution is 0.304. The van der Waals surface area contributed by atoms with E-state index >= 15 is 0 Å². The van der Waals surface area contributed by atoms with Crippen LogP contribution in [0.25, 0.3) is 0 Å². The van der Waals surface area contributed by atoms with Crippen molar-refractivity contribution in [1.82, 2.24) is 4.98 Å². The Morgan fingerprint density at radius 3 is 2.75 bits per heavy atom. The summed E-state index contributed by atoms with van der Waals surface area (Å²) >= 11 is 0. The van der Waals surface area contributed by atoms with Gasteiger partial charge in [-0.05, 0) is 29.8 Å². The standard InChI is InChI=1S/C16H14FNO2/c17-15-9-14(3-1-2-8-19)10-16(11-15)20-12-13-4-6-18-7-5-13/h4-7,9-11,19H,2,8,12H2. The third kappa shape index (κ3) is 4.38. The van der Waals surface area contributed by atoms with E-state index in [4.69, 9.17) is 9.84 Å². The third-order valence-corrected chi connectivity index (χ3v) is 2.50. The fourth-order valence-corrected chi connectivity index (χ4v) is 1.58. The van der Waals surface area contributed by atoms with Gasteiger partial charge in [0.1, 0.15) is 18.2 Å². The zero-order valence-corrected chi connectivity index (χ0v) is 10.8. The lowest BCUT2D eigenvalue weighted by atomic mass is 10.2. The second-order valence-electron chi connectivity index (χ2n) is 4.10. The fraction of sp³-hybridized carbons (Fsp3) is 0.188. The maximum Gasteiger partial charge on any atom is 0.128 e. The molecule has 0 fully saturated rings. The molecule has 2 rings (SSSR count). The van der Waals surface area contributed by atoms with Crippen molar-refractivity contribution in [1.29, 1.82) is 0 Å². The van der Waals surface area contributed by atoms with Gasteiger partial charge in [0.05, 0.1) is 6.61 Å². The lowest BCUT2D eigenvalue weighted by Gasteiger charge is -2.06. The van der Waals surface area contributed by atoms with E-state index in [1.54, 1.807) is 18.5 Å². The average Bonchev–Trinajstić information content (AvgIpc) is 2.46. The first-order chi connectivity index (χ1) is 9.78. The topological polar surface area (TPSA) is 42.4 Å². The summed E-state index contributed by atoms with van der Waals surface area (Å²) in [6.45, 7) is 0.337. The van der Waals surface area contributed by atoms with E-state index < -0.39 is 5.82 Å². The van der Waals surface area contributed by atoms with Crippen LogP contribution in [0.1, 0.15) is 17.5 Å². The predicted octanol–water partition coefficient (Wildman–Crippen LogP) is 2.53. The van der Waals surface area contributed by atoms with Gasteiger partial charge in [-0.25, -0.2) is 4.39 Å². The molecule has 0 aliphatic heterocycles. The number of pyridine rings is 1. The minimum atomic E-state index is -0.398. The molecule has 0 aliphatic rings. The highest BCUT2D eigenvalue weighted by molar-refractivity contribution is 5.40. The first-order valence-corrected chi connectivity index (χ1v) is 6.20. The van der Waals surface area contributed by atoms with Crippen LogP contribution in [0.15, 0.2) is 42.7 Å². The van der Waals surface area contributed by atoms with Gasteiger partial charge in [-0.1, -0.05) is 11.8 Å². The van der Waals surface area contributed by atoms with Gasteiger partial charge in [0.15, 0.2) is 0 Å². The normalized spacial score (nSPS) is 9.70. The highest BCUT2D eigenvalue weighted by Gasteiger charge is 2.01. The smallest absolute Gasteiger partial charge is 0.128 e. The van der Waals surface area contributed by atoms with E-state index in [1.165, 1.54) is 12.1 Å². The number of halogens is 1. The number of rotatable bonds is 4. The van der Waals surface area contributed by atoms with E-state index in [2.05, 4.69) is 16.8 Å². The van der Waals surface area contributed by atoms with Crippen molar-refractivity contribution in [3.05, 3.63) is 59.7 Å². The summed E-state index contributed by atoms with van der Waals surface area (Å²) in [5.41, 5.74) is 1.49. The first-order valence-electron chi connectivity index (χ1n) is 6.20. The molecule has 102 valence electrons. The van der Waals surface area contributed by atoms with Crippen LogP contribution in [0.4, 0.5) is 4.39 Å². The Morgan fingerprint density at radius 2 is 2.00 bits per heavy atom. The number of ether oxygens (including phenoxy) is 1. The van der Waals surface area contributed by atoms with Gasteiger partial charge in [-0.3, -0.25) is 4.98 Å². The largest absolute Gasteiger partial charge is 0.489 e. The molecule has 0 radical (unpaired) electrons. The maximum absolute atomic E-state index is 13.5. The third-order valence-electron chi connectivity index (χ3n) is 2.50. The van der Waals surface area contributed by atoms with Crippen LogP contribution in [0.5, 0.6) is 5.75 Å². The van der Waals surface area contributed by atoms with E-state index in [0.29, 0.717) is 24.3 Å².